The fourth-order valence-corrected chi connectivity index (χ4v) is 4.17. The molecule has 112 valence electrons. The molecule has 0 aliphatic heterocycles. The first kappa shape index (κ1) is 15.3. The zero-order valence-electron chi connectivity index (χ0n) is 12.5. The molecule has 0 amide bonds. The first-order valence-electron chi connectivity index (χ1n) is 8.48. The molecule has 0 atom stereocenters. The van der Waals surface area contributed by atoms with E-state index in [1.165, 1.54) is 51.4 Å². The van der Waals surface area contributed by atoms with Gasteiger partial charge in [0.25, 0.3) is 0 Å². The molecular weight excluding hydrogens is 242 g/mol. The molecule has 0 nitrogen and oxygen atoms in total. The average Bonchev–Trinajstić information content (AvgIpc) is 2.40. The lowest BCUT2D eigenvalue weighted by molar-refractivity contribution is -0.0550. The molecule has 0 bridgehead atoms. The molecule has 0 radical (unpaired) electrons. The van der Waals surface area contributed by atoms with Crippen molar-refractivity contribution in [3.8, 4) is 0 Å². The van der Waals surface area contributed by atoms with Crippen LogP contribution < -0.4 is 0 Å². The zero-order valence-corrected chi connectivity index (χ0v) is 12.5. The summed E-state index contributed by atoms with van der Waals surface area (Å²) < 4.78 is 26.4. The van der Waals surface area contributed by atoms with Crippen LogP contribution in [-0.4, -0.2) is 5.92 Å². The standard InChI is InChI=1S/C17H30F2/c1-2-3-4-5-14-6-8-15(9-7-14)16-10-12-17(18,19)13-11-16/h14-16H,2-13H2,1H3. The van der Waals surface area contributed by atoms with Gasteiger partial charge < -0.3 is 0 Å². The van der Waals surface area contributed by atoms with E-state index >= 15 is 0 Å². The molecule has 2 heteroatoms. The molecule has 19 heavy (non-hydrogen) atoms. The molecule has 2 aliphatic rings. The van der Waals surface area contributed by atoms with Gasteiger partial charge in [0.15, 0.2) is 0 Å². The Morgan fingerprint density at radius 2 is 1.42 bits per heavy atom. The van der Waals surface area contributed by atoms with Gasteiger partial charge in [0.2, 0.25) is 5.92 Å². The topological polar surface area (TPSA) is 0 Å². The summed E-state index contributed by atoms with van der Waals surface area (Å²) in [5.41, 5.74) is 0. The van der Waals surface area contributed by atoms with Crippen molar-refractivity contribution in [2.75, 3.05) is 0 Å². The Morgan fingerprint density at radius 1 is 0.842 bits per heavy atom. The Morgan fingerprint density at radius 3 is 2.00 bits per heavy atom. The van der Waals surface area contributed by atoms with E-state index in [1.54, 1.807) is 0 Å². The maximum Gasteiger partial charge on any atom is 0.248 e. The van der Waals surface area contributed by atoms with E-state index in [1.807, 2.05) is 0 Å². The molecular formula is C17H30F2. The second-order valence-corrected chi connectivity index (χ2v) is 6.97. The number of unbranched alkanes of at least 4 members (excludes halogenated alkanes) is 2. The lowest BCUT2D eigenvalue weighted by Gasteiger charge is -2.37. The minimum Gasteiger partial charge on any atom is -0.207 e. The molecule has 0 unspecified atom stereocenters. The van der Waals surface area contributed by atoms with Gasteiger partial charge in [-0.1, -0.05) is 45.4 Å². The monoisotopic (exact) mass is 272 g/mol. The number of rotatable bonds is 5. The van der Waals surface area contributed by atoms with Crippen LogP contribution in [-0.2, 0) is 0 Å². The summed E-state index contributed by atoms with van der Waals surface area (Å²) in [6.45, 7) is 2.26. The first-order valence-corrected chi connectivity index (χ1v) is 8.48. The molecule has 2 fully saturated rings. The van der Waals surface area contributed by atoms with Crippen LogP contribution in [0, 0.1) is 17.8 Å². The molecule has 0 aromatic carbocycles. The van der Waals surface area contributed by atoms with Crippen LogP contribution in [0.15, 0.2) is 0 Å². The van der Waals surface area contributed by atoms with E-state index in [4.69, 9.17) is 0 Å². The summed E-state index contributed by atoms with van der Waals surface area (Å²) in [7, 11) is 0. The van der Waals surface area contributed by atoms with Crippen molar-refractivity contribution in [1.82, 2.24) is 0 Å². The highest BCUT2D eigenvalue weighted by Gasteiger charge is 2.38. The SMILES string of the molecule is CCCCCC1CCC(C2CCC(F)(F)CC2)CC1. The third-order valence-electron chi connectivity index (χ3n) is 5.54. The van der Waals surface area contributed by atoms with Gasteiger partial charge in [-0.2, -0.15) is 0 Å². The zero-order chi connectivity index (χ0) is 13.7. The number of hydrogen-bond donors (Lipinski definition) is 0. The van der Waals surface area contributed by atoms with Gasteiger partial charge in [0, 0.05) is 12.8 Å². The molecule has 2 rings (SSSR count). The summed E-state index contributed by atoms with van der Waals surface area (Å²) in [5.74, 6) is -0.0454. The number of alkyl halides is 2. The highest BCUT2D eigenvalue weighted by Crippen LogP contribution is 2.44. The Labute approximate surface area is 117 Å². The van der Waals surface area contributed by atoms with E-state index < -0.39 is 5.92 Å². The molecule has 0 N–H and O–H groups in total. The van der Waals surface area contributed by atoms with Gasteiger partial charge in [-0.05, 0) is 43.4 Å². The highest BCUT2D eigenvalue weighted by molar-refractivity contribution is 4.84. The van der Waals surface area contributed by atoms with Gasteiger partial charge in [-0.15, -0.1) is 0 Å². The molecule has 2 aliphatic carbocycles. The van der Waals surface area contributed by atoms with E-state index in [0.29, 0.717) is 5.92 Å². The predicted octanol–water partition coefficient (Wildman–Crippen LogP) is 6.20. The Hall–Kier alpha value is -0.140. The summed E-state index contributed by atoms with van der Waals surface area (Å²) in [6, 6.07) is 0. The van der Waals surface area contributed by atoms with E-state index in [9.17, 15) is 8.78 Å². The Kier molecular flexibility index (Phi) is 5.65. The van der Waals surface area contributed by atoms with Crippen LogP contribution in [0.2, 0.25) is 0 Å². The van der Waals surface area contributed by atoms with Crippen LogP contribution in [0.4, 0.5) is 8.78 Å². The Bertz CT molecular complexity index is 244. The van der Waals surface area contributed by atoms with Crippen molar-refractivity contribution in [1.29, 1.82) is 0 Å². The van der Waals surface area contributed by atoms with Gasteiger partial charge in [0.05, 0.1) is 0 Å². The van der Waals surface area contributed by atoms with Crippen molar-refractivity contribution in [2.24, 2.45) is 17.8 Å². The average molecular weight is 272 g/mol. The minimum absolute atomic E-state index is 0.147. The van der Waals surface area contributed by atoms with Crippen LogP contribution in [0.25, 0.3) is 0 Å². The van der Waals surface area contributed by atoms with Gasteiger partial charge >= 0.3 is 0 Å². The second-order valence-electron chi connectivity index (χ2n) is 6.97. The summed E-state index contributed by atoms with van der Waals surface area (Å²) >= 11 is 0. The fourth-order valence-electron chi connectivity index (χ4n) is 4.17. The van der Waals surface area contributed by atoms with Crippen molar-refractivity contribution < 1.29 is 8.78 Å². The maximum atomic E-state index is 13.2. The number of hydrogen-bond acceptors (Lipinski definition) is 0. The highest BCUT2D eigenvalue weighted by atomic mass is 19.3. The first-order chi connectivity index (χ1) is 9.11. The third-order valence-corrected chi connectivity index (χ3v) is 5.54. The lowest BCUT2D eigenvalue weighted by Crippen LogP contribution is -2.30. The molecule has 0 spiro atoms. The van der Waals surface area contributed by atoms with Crippen molar-refractivity contribution in [3.05, 3.63) is 0 Å². The molecule has 0 aromatic heterocycles. The van der Waals surface area contributed by atoms with Gasteiger partial charge in [-0.3, -0.25) is 0 Å². The molecule has 2 saturated carbocycles. The van der Waals surface area contributed by atoms with Crippen molar-refractivity contribution >= 4 is 0 Å². The fraction of sp³-hybridized carbons (Fsp3) is 1.00. The smallest absolute Gasteiger partial charge is 0.207 e. The number of halogens is 2. The van der Waals surface area contributed by atoms with Crippen LogP contribution in [0.5, 0.6) is 0 Å². The largest absolute Gasteiger partial charge is 0.248 e. The summed E-state index contributed by atoms with van der Waals surface area (Å²) in [5, 5.41) is 0. The van der Waals surface area contributed by atoms with Gasteiger partial charge in [-0.25, -0.2) is 8.78 Å². The normalized spacial score (nSPS) is 32.4. The minimum atomic E-state index is -2.35. The van der Waals surface area contributed by atoms with Crippen LogP contribution in [0.1, 0.15) is 84.0 Å². The Balaban J connectivity index is 1.66. The molecule has 0 heterocycles. The van der Waals surface area contributed by atoms with Crippen LogP contribution in [0.3, 0.4) is 0 Å². The van der Waals surface area contributed by atoms with Gasteiger partial charge in [0.1, 0.15) is 0 Å². The quantitative estimate of drug-likeness (QED) is 0.523. The summed E-state index contributed by atoms with van der Waals surface area (Å²) in [4.78, 5) is 0. The second kappa shape index (κ2) is 7.04. The van der Waals surface area contributed by atoms with Crippen LogP contribution >= 0.6 is 0 Å². The summed E-state index contributed by atoms with van der Waals surface area (Å²) in [6.07, 6.45) is 12.7. The molecule has 0 aromatic rings. The lowest BCUT2D eigenvalue weighted by atomic mass is 9.70. The van der Waals surface area contributed by atoms with Crippen molar-refractivity contribution in [3.63, 3.8) is 0 Å². The predicted molar refractivity (Wildman–Crippen MR) is 76.5 cm³/mol. The third kappa shape index (κ3) is 4.72. The molecule has 0 saturated heterocycles. The van der Waals surface area contributed by atoms with Crippen molar-refractivity contribution in [2.45, 2.75) is 89.9 Å². The van der Waals surface area contributed by atoms with E-state index in [0.717, 1.165) is 24.7 Å². The van der Waals surface area contributed by atoms with E-state index in [-0.39, 0.29) is 12.8 Å². The maximum absolute atomic E-state index is 13.2. The van der Waals surface area contributed by atoms with E-state index in [2.05, 4.69) is 6.92 Å².